The molecule has 0 saturated heterocycles. The van der Waals surface area contributed by atoms with Crippen LogP contribution in [0.3, 0.4) is 0 Å². The molecule has 0 amide bonds. The molecule has 3 aromatic rings. The minimum atomic E-state index is -4.36. The van der Waals surface area contributed by atoms with Crippen molar-refractivity contribution in [2.75, 3.05) is 17.2 Å². The van der Waals surface area contributed by atoms with Crippen LogP contribution >= 0.6 is 0 Å². The van der Waals surface area contributed by atoms with Gasteiger partial charge < -0.3 is 10.6 Å². The minimum absolute atomic E-state index is 0.0615. The molecule has 134 valence electrons. The smallest absolute Gasteiger partial charge is 0.366 e. The Labute approximate surface area is 146 Å². The normalized spacial score (nSPS) is 15.2. The van der Waals surface area contributed by atoms with Crippen LogP contribution in [0.1, 0.15) is 18.1 Å². The molecular weight excluding hydrogens is 345 g/mol. The van der Waals surface area contributed by atoms with Crippen LogP contribution in [0.4, 0.5) is 24.9 Å². The van der Waals surface area contributed by atoms with Crippen molar-refractivity contribution in [3.05, 3.63) is 54.0 Å². The molecule has 26 heavy (non-hydrogen) atoms. The fraction of sp³-hybridized carbons (Fsp3) is 0.235. The molecule has 4 heterocycles. The summed E-state index contributed by atoms with van der Waals surface area (Å²) in [7, 11) is 0. The topological polar surface area (TPSA) is 67.1 Å². The lowest BCUT2D eigenvalue weighted by molar-refractivity contribution is -0.138. The maximum atomic E-state index is 12.7. The summed E-state index contributed by atoms with van der Waals surface area (Å²) in [6.07, 6.45) is 2.74. The second-order valence-electron chi connectivity index (χ2n) is 5.98. The molecule has 1 aliphatic heterocycles. The lowest BCUT2D eigenvalue weighted by Gasteiger charge is -2.21. The van der Waals surface area contributed by atoms with Crippen molar-refractivity contribution < 1.29 is 13.2 Å². The molecule has 1 atom stereocenters. The molecule has 0 radical (unpaired) electrons. The zero-order valence-corrected chi connectivity index (χ0v) is 13.7. The Morgan fingerprint density at radius 1 is 1.31 bits per heavy atom. The Kier molecular flexibility index (Phi) is 3.78. The highest BCUT2D eigenvalue weighted by Gasteiger charge is 2.36. The van der Waals surface area contributed by atoms with E-state index in [1.54, 1.807) is 10.7 Å². The standard InChI is InChI=1S/C17H15F3N6/c1-10(17(18,19)20)24-16-22-9-14-13(3-5-21-15(14)25-16)11-4-7-26-12(8-11)2-6-23-26/h2-4,6-10H,5H2,1H3,(H2,21,22,24,25)/t10-/m1/s1. The third-order valence-electron chi connectivity index (χ3n) is 4.20. The van der Waals surface area contributed by atoms with E-state index in [0.717, 1.165) is 29.1 Å². The molecule has 0 unspecified atom stereocenters. The van der Waals surface area contributed by atoms with E-state index >= 15 is 0 Å². The van der Waals surface area contributed by atoms with E-state index in [9.17, 15) is 13.2 Å². The predicted molar refractivity (Wildman–Crippen MR) is 91.9 cm³/mol. The summed E-state index contributed by atoms with van der Waals surface area (Å²) in [6.45, 7) is 1.56. The van der Waals surface area contributed by atoms with Gasteiger partial charge in [-0.15, -0.1) is 0 Å². The van der Waals surface area contributed by atoms with E-state index in [-0.39, 0.29) is 5.95 Å². The highest BCUT2D eigenvalue weighted by atomic mass is 19.4. The largest absolute Gasteiger partial charge is 0.408 e. The lowest BCUT2D eigenvalue weighted by Crippen LogP contribution is -2.33. The highest BCUT2D eigenvalue weighted by molar-refractivity contribution is 5.87. The SMILES string of the molecule is C[C@@H](Nc1ncc2c(n1)NCC=C2c1ccn2nccc2c1)C(F)(F)F. The monoisotopic (exact) mass is 360 g/mol. The summed E-state index contributed by atoms with van der Waals surface area (Å²) < 4.78 is 39.9. The van der Waals surface area contributed by atoms with Crippen LogP contribution in [0.25, 0.3) is 11.1 Å². The quantitative estimate of drug-likeness (QED) is 0.750. The first-order chi connectivity index (χ1) is 12.4. The molecular formula is C17H15F3N6. The van der Waals surface area contributed by atoms with Gasteiger partial charge in [0.05, 0.1) is 5.52 Å². The Morgan fingerprint density at radius 2 is 2.15 bits per heavy atom. The third kappa shape index (κ3) is 2.96. The number of hydrogen-bond acceptors (Lipinski definition) is 5. The van der Waals surface area contributed by atoms with Crippen molar-refractivity contribution >= 4 is 22.9 Å². The molecule has 2 N–H and O–H groups in total. The van der Waals surface area contributed by atoms with Crippen LogP contribution in [-0.4, -0.2) is 38.3 Å². The first kappa shape index (κ1) is 16.4. The molecule has 6 nitrogen and oxygen atoms in total. The van der Waals surface area contributed by atoms with E-state index < -0.39 is 12.2 Å². The van der Waals surface area contributed by atoms with Crippen LogP contribution in [0, 0.1) is 0 Å². The molecule has 3 aromatic heterocycles. The molecule has 0 saturated carbocycles. The number of anilines is 2. The predicted octanol–water partition coefficient (Wildman–Crippen LogP) is 3.34. The van der Waals surface area contributed by atoms with Gasteiger partial charge in [-0.25, -0.2) is 9.50 Å². The summed E-state index contributed by atoms with van der Waals surface area (Å²) in [5, 5.41) is 9.54. The Bertz CT molecular complexity index is 992. The second-order valence-corrected chi connectivity index (χ2v) is 5.98. The zero-order valence-electron chi connectivity index (χ0n) is 13.7. The Hall–Kier alpha value is -3.10. The van der Waals surface area contributed by atoms with Crippen LogP contribution < -0.4 is 10.6 Å². The summed E-state index contributed by atoms with van der Waals surface area (Å²) >= 11 is 0. The van der Waals surface area contributed by atoms with Gasteiger partial charge in [-0.2, -0.15) is 23.3 Å². The number of pyridine rings is 1. The van der Waals surface area contributed by atoms with Gasteiger partial charge in [0, 0.05) is 30.7 Å². The minimum Gasteiger partial charge on any atom is -0.366 e. The Morgan fingerprint density at radius 3 is 2.96 bits per heavy atom. The molecule has 4 rings (SSSR count). The molecule has 0 bridgehead atoms. The van der Waals surface area contributed by atoms with Crippen LogP contribution in [0.2, 0.25) is 0 Å². The van der Waals surface area contributed by atoms with E-state index in [1.165, 1.54) is 6.20 Å². The first-order valence-corrected chi connectivity index (χ1v) is 8.00. The maximum Gasteiger partial charge on any atom is 0.408 e. The average Bonchev–Trinajstić information content (AvgIpc) is 3.08. The van der Waals surface area contributed by atoms with Crippen LogP contribution in [0.5, 0.6) is 0 Å². The lowest BCUT2D eigenvalue weighted by atomic mass is 9.97. The molecule has 0 fully saturated rings. The van der Waals surface area contributed by atoms with Crippen molar-refractivity contribution in [3.8, 4) is 0 Å². The second kappa shape index (κ2) is 6.01. The number of hydrogen-bond donors (Lipinski definition) is 2. The van der Waals surface area contributed by atoms with E-state index in [0.29, 0.717) is 12.4 Å². The highest BCUT2D eigenvalue weighted by Crippen LogP contribution is 2.32. The van der Waals surface area contributed by atoms with Gasteiger partial charge in [0.25, 0.3) is 0 Å². The van der Waals surface area contributed by atoms with Crippen LogP contribution in [-0.2, 0) is 0 Å². The number of nitrogens with one attached hydrogen (secondary N) is 2. The third-order valence-corrected chi connectivity index (χ3v) is 4.20. The van der Waals surface area contributed by atoms with Crippen LogP contribution in [0.15, 0.2) is 42.9 Å². The first-order valence-electron chi connectivity index (χ1n) is 8.00. The molecule has 9 heteroatoms. The molecule has 0 aliphatic carbocycles. The molecule has 1 aliphatic rings. The molecule has 0 aromatic carbocycles. The fourth-order valence-corrected chi connectivity index (χ4v) is 2.78. The van der Waals surface area contributed by atoms with E-state index in [2.05, 4.69) is 25.7 Å². The van der Waals surface area contributed by atoms with Gasteiger partial charge in [0.15, 0.2) is 0 Å². The summed E-state index contributed by atoms with van der Waals surface area (Å²) in [5.74, 6) is 0.441. The molecule has 0 spiro atoms. The van der Waals surface area contributed by atoms with Crippen molar-refractivity contribution in [1.82, 2.24) is 19.6 Å². The van der Waals surface area contributed by atoms with Crippen molar-refractivity contribution in [3.63, 3.8) is 0 Å². The number of nitrogens with zero attached hydrogens (tertiary/aromatic N) is 4. The van der Waals surface area contributed by atoms with E-state index in [1.807, 2.05) is 30.5 Å². The van der Waals surface area contributed by atoms with Crippen molar-refractivity contribution in [2.45, 2.75) is 19.1 Å². The summed E-state index contributed by atoms with van der Waals surface area (Å²) in [5.41, 5.74) is 3.58. The van der Waals surface area contributed by atoms with Gasteiger partial charge in [-0.1, -0.05) is 6.08 Å². The fourth-order valence-electron chi connectivity index (χ4n) is 2.78. The zero-order chi connectivity index (χ0) is 18.3. The number of alkyl halides is 3. The van der Waals surface area contributed by atoms with Crippen molar-refractivity contribution in [1.29, 1.82) is 0 Å². The van der Waals surface area contributed by atoms with E-state index in [4.69, 9.17) is 0 Å². The van der Waals surface area contributed by atoms with Crippen molar-refractivity contribution in [2.24, 2.45) is 0 Å². The van der Waals surface area contributed by atoms with Gasteiger partial charge in [0.1, 0.15) is 11.9 Å². The number of fused-ring (bicyclic) bond motifs is 2. The van der Waals surface area contributed by atoms with Gasteiger partial charge >= 0.3 is 6.18 Å². The van der Waals surface area contributed by atoms with Gasteiger partial charge in [0.2, 0.25) is 5.95 Å². The van der Waals surface area contributed by atoms with Gasteiger partial charge in [-0.3, -0.25) is 0 Å². The summed E-state index contributed by atoms with van der Waals surface area (Å²) in [4.78, 5) is 8.26. The number of halogens is 3. The number of rotatable bonds is 3. The van der Waals surface area contributed by atoms with Gasteiger partial charge in [-0.05, 0) is 36.3 Å². The Balaban J connectivity index is 1.66. The maximum absolute atomic E-state index is 12.7. The summed E-state index contributed by atoms with van der Waals surface area (Å²) in [6, 6.07) is 4.09. The average molecular weight is 360 g/mol. The number of aromatic nitrogens is 4.